The number of hydrogen-bond donors (Lipinski definition) is 0. The highest BCUT2D eigenvalue weighted by Crippen LogP contribution is 2.67. The number of halogens is 21. The minimum absolute atomic E-state index is 2.34. The lowest BCUT2D eigenvalue weighted by molar-refractivity contribution is -0.455. The molecule has 0 bridgehead atoms. The lowest BCUT2D eigenvalue weighted by Gasteiger charge is -2.43. The van der Waals surface area contributed by atoms with Gasteiger partial charge in [0.25, 0.3) is 0 Å². The van der Waals surface area contributed by atoms with Crippen molar-refractivity contribution in [2.45, 2.75) is 59.2 Å². The smallest absolute Gasteiger partial charge is 0.192 e. The summed E-state index contributed by atoms with van der Waals surface area (Å²) in [6.07, 6.45) is -15.7. The third-order valence-corrected chi connectivity index (χ3v) is 4.57. The Bertz CT molecular complexity index is 632. The van der Waals surface area contributed by atoms with E-state index in [-0.39, 0.29) is 0 Å². The molecule has 0 spiro atoms. The topological polar surface area (TPSA) is 0 Å². The van der Waals surface area contributed by atoms with E-state index in [1.54, 1.807) is 0 Å². The molecule has 0 rings (SSSR count). The quantitative estimate of drug-likeness (QED) is 0.240. The van der Waals surface area contributed by atoms with Gasteiger partial charge in [0, 0.05) is 9.24 Å². The zero-order valence-electron chi connectivity index (χ0n) is 13.6. The van der Waals surface area contributed by atoms with E-state index < -0.39 is 68.5 Å². The van der Waals surface area contributed by atoms with Gasteiger partial charge in [0.1, 0.15) is 0 Å². The van der Waals surface area contributed by atoms with E-state index in [0.717, 1.165) is 0 Å². The molecule has 2 atom stereocenters. The van der Waals surface area contributed by atoms with Crippen LogP contribution in [0.1, 0.15) is 0 Å². The van der Waals surface area contributed by atoms with E-state index in [1.165, 1.54) is 0 Å². The van der Waals surface area contributed by atoms with Crippen LogP contribution in [0.25, 0.3) is 0 Å². The maximum absolute atomic E-state index is 13.7. The molecule has 0 aromatic carbocycles. The fraction of sp³-hybridized carbons (Fsp3) is 1.00. The summed E-state index contributed by atoms with van der Waals surface area (Å²) in [6, 6.07) is 0. The second-order valence-electron chi connectivity index (χ2n) is 5.82. The van der Waals surface area contributed by atoms with Crippen LogP contribution in [0.15, 0.2) is 0 Å². The van der Waals surface area contributed by atoms with Crippen molar-refractivity contribution in [1.29, 1.82) is 0 Å². The maximum Gasteiger partial charge on any atom is 0.460 e. The molecule has 0 nitrogen and oxygen atoms in total. The second-order valence-corrected chi connectivity index (χ2v) is 6.79. The summed E-state index contributed by atoms with van der Waals surface area (Å²) in [6.45, 7) is 0. The molecule has 0 aromatic heterocycles. The molecule has 0 aliphatic heterocycles. The summed E-state index contributed by atoms with van der Waals surface area (Å²) in [5.74, 6) is -59.7. The van der Waals surface area contributed by atoms with Gasteiger partial charge >= 0.3 is 59.2 Å². The summed E-state index contributed by atoms with van der Waals surface area (Å²) in [7, 11) is -2.34. The van der Waals surface area contributed by atoms with E-state index in [9.17, 15) is 92.2 Å². The van der Waals surface area contributed by atoms with Gasteiger partial charge in [-0.15, -0.1) is 0 Å². The Balaban J connectivity index is 7.00. The van der Waals surface area contributed by atoms with Crippen LogP contribution in [-0.4, -0.2) is 59.2 Å². The van der Waals surface area contributed by atoms with E-state index in [1.807, 2.05) is 0 Å². The molecule has 0 N–H and O–H groups in total. The highest BCUT2D eigenvalue weighted by atomic mass is 31.0. The SMILES string of the molecule is FC(F)(F)C(F)(F)C(F)(F)C(F)(F)C(F)(F)C(F)(F)C(F)([PH3+])C(F)(F)C(F)(F)C(F)(F)F. The summed E-state index contributed by atoms with van der Waals surface area (Å²) in [5.41, 5.74) is 0. The first-order valence-electron chi connectivity index (χ1n) is 6.57. The van der Waals surface area contributed by atoms with Crippen molar-refractivity contribution in [3.8, 4) is 0 Å². The molecule has 0 fully saturated rings. The van der Waals surface area contributed by atoms with Gasteiger partial charge in [-0.05, 0) is 0 Å². The van der Waals surface area contributed by atoms with Crippen molar-refractivity contribution in [1.82, 2.24) is 0 Å². The van der Waals surface area contributed by atoms with Crippen molar-refractivity contribution in [3.63, 3.8) is 0 Å². The molecule has 0 amide bonds. The molecule has 0 saturated carbocycles. The Kier molecular flexibility index (Phi) is 6.99. The molecule has 0 aromatic rings. The van der Waals surface area contributed by atoms with Crippen LogP contribution in [0.4, 0.5) is 92.2 Å². The van der Waals surface area contributed by atoms with Crippen LogP contribution in [0.2, 0.25) is 0 Å². The number of rotatable bonds is 7. The van der Waals surface area contributed by atoms with Gasteiger partial charge in [-0.1, -0.05) is 0 Å². The standard InChI is InChI=1S/C10H2F21P/c11-1(12,3(15,16)6(21,22)9(26,27)28)2(13,14)4(17,18)8(25,32)5(19,20)7(23,24)10(29,30)31/h32H2/p+1. The third kappa shape index (κ3) is 3.54. The van der Waals surface area contributed by atoms with Crippen LogP contribution in [0.3, 0.4) is 0 Å². The van der Waals surface area contributed by atoms with Gasteiger partial charge in [0.05, 0.1) is 0 Å². The normalized spacial score (nSPS) is 18.7. The van der Waals surface area contributed by atoms with E-state index >= 15 is 0 Å². The first-order chi connectivity index (χ1) is 13.2. The molecule has 0 saturated heterocycles. The lowest BCUT2D eigenvalue weighted by atomic mass is 9.88. The third-order valence-electron chi connectivity index (χ3n) is 3.68. The Morgan fingerprint density at radius 2 is 0.406 bits per heavy atom. The molecule has 0 aliphatic rings. The molecule has 0 radical (unpaired) electrons. The molecule has 2 unspecified atom stereocenters. The Labute approximate surface area is 162 Å². The second kappa shape index (κ2) is 7.23. The molecule has 0 heterocycles. The Morgan fingerprint density at radius 1 is 0.250 bits per heavy atom. The van der Waals surface area contributed by atoms with Gasteiger partial charge in [-0.3, -0.25) is 0 Å². The van der Waals surface area contributed by atoms with Crippen molar-refractivity contribution in [2.75, 3.05) is 0 Å². The van der Waals surface area contributed by atoms with Crippen LogP contribution in [0, 0.1) is 0 Å². The van der Waals surface area contributed by atoms with Gasteiger partial charge in [0.15, 0.2) is 0 Å². The summed E-state index contributed by atoms with van der Waals surface area (Å²) < 4.78 is 268. The van der Waals surface area contributed by atoms with Gasteiger partial charge in [-0.2, -0.15) is 92.2 Å². The van der Waals surface area contributed by atoms with E-state index in [0.29, 0.717) is 0 Å². The molecule has 22 heteroatoms. The minimum Gasteiger partial charge on any atom is -0.192 e. The number of hydrogen-bond acceptors (Lipinski definition) is 0. The highest BCUT2D eigenvalue weighted by molar-refractivity contribution is 7.19. The average molecular weight is 553 g/mol. The van der Waals surface area contributed by atoms with Crippen LogP contribution < -0.4 is 0 Å². The summed E-state index contributed by atoms with van der Waals surface area (Å²) in [5, 5.41) is -7.60. The Hall–Kier alpha value is -1.04. The molecular weight excluding hydrogens is 550 g/mol. The monoisotopic (exact) mass is 553 g/mol. The maximum atomic E-state index is 13.7. The first kappa shape index (κ1) is 31.0. The predicted octanol–water partition coefficient (Wildman–Crippen LogP) is 6.83. The fourth-order valence-electron chi connectivity index (χ4n) is 1.64. The van der Waals surface area contributed by atoms with Crippen LogP contribution in [0.5, 0.6) is 0 Å². The van der Waals surface area contributed by atoms with Gasteiger partial charge < -0.3 is 0 Å². The number of alkyl halides is 21. The van der Waals surface area contributed by atoms with E-state index in [4.69, 9.17) is 0 Å². The van der Waals surface area contributed by atoms with Gasteiger partial charge in [-0.25, -0.2) is 0 Å². The molecule has 194 valence electrons. The molecule has 32 heavy (non-hydrogen) atoms. The summed E-state index contributed by atoms with van der Waals surface area (Å²) >= 11 is 0. The van der Waals surface area contributed by atoms with Crippen molar-refractivity contribution in [2.24, 2.45) is 0 Å². The largest absolute Gasteiger partial charge is 0.460 e. The molecule has 0 aliphatic carbocycles. The van der Waals surface area contributed by atoms with Crippen molar-refractivity contribution < 1.29 is 92.2 Å². The average Bonchev–Trinajstić information content (AvgIpc) is 2.51. The highest BCUT2D eigenvalue weighted by Gasteiger charge is 2.98. The summed E-state index contributed by atoms with van der Waals surface area (Å²) in [4.78, 5) is 0. The lowest BCUT2D eigenvalue weighted by Crippen LogP contribution is -2.76. The molecular formula is C10H3F21P+. The first-order valence-corrected chi connectivity index (χ1v) is 7.28. The van der Waals surface area contributed by atoms with Crippen molar-refractivity contribution in [3.05, 3.63) is 0 Å². The van der Waals surface area contributed by atoms with Crippen LogP contribution >= 0.6 is 9.24 Å². The van der Waals surface area contributed by atoms with Crippen LogP contribution in [-0.2, 0) is 0 Å². The predicted molar refractivity (Wildman–Crippen MR) is 61.7 cm³/mol. The van der Waals surface area contributed by atoms with Gasteiger partial charge in [0.2, 0.25) is 0 Å². The minimum atomic E-state index is -8.88. The zero-order valence-corrected chi connectivity index (χ0v) is 15.1. The zero-order chi connectivity index (χ0) is 27.0. The fourth-order valence-corrected chi connectivity index (χ4v) is 2.09. The van der Waals surface area contributed by atoms with Crippen molar-refractivity contribution >= 4 is 9.24 Å². The van der Waals surface area contributed by atoms with E-state index in [2.05, 4.69) is 0 Å². The Morgan fingerprint density at radius 3 is 0.656 bits per heavy atom.